The predicted molar refractivity (Wildman–Crippen MR) is 78.1 cm³/mol. The molecule has 1 aromatic heterocycles. The van der Waals surface area contributed by atoms with Crippen molar-refractivity contribution in [1.82, 2.24) is 20.0 Å². The summed E-state index contributed by atoms with van der Waals surface area (Å²) in [5, 5.41) is 9.46. The van der Waals surface area contributed by atoms with Gasteiger partial charge in [0.25, 0.3) is 5.56 Å². The number of rotatable bonds is 7. The fraction of sp³-hybridized carbons (Fsp3) is 0.545. The van der Waals surface area contributed by atoms with E-state index in [1.54, 1.807) is 0 Å². The van der Waals surface area contributed by atoms with Gasteiger partial charge in [-0.05, 0) is 14.1 Å². The maximum absolute atomic E-state index is 12.0. The van der Waals surface area contributed by atoms with Crippen LogP contribution in [-0.2, 0) is 6.54 Å². The minimum absolute atomic E-state index is 0.0813. The van der Waals surface area contributed by atoms with Gasteiger partial charge in [0.1, 0.15) is 5.02 Å². The van der Waals surface area contributed by atoms with Crippen LogP contribution in [0.25, 0.3) is 0 Å². The van der Waals surface area contributed by atoms with E-state index in [9.17, 15) is 9.59 Å². The highest BCUT2D eigenvalue weighted by Gasteiger charge is 2.09. The van der Waals surface area contributed by atoms with Crippen molar-refractivity contribution in [2.45, 2.75) is 6.54 Å². The number of nitrogens with one attached hydrogen (secondary N) is 2. The van der Waals surface area contributed by atoms with Gasteiger partial charge < -0.3 is 21.3 Å². The van der Waals surface area contributed by atoms with Crippen molar-refractivity contribution in [1.29, 1.82) is 0 Å². The molecule has 0 atom stereocenters. The van der Waals surface area contributed by atoms with E-state index < -0.39 is 6.03 Å². The van der Waals surface area contributed by atoms with Crippen LogP contribution in [0.4, 0.5) is 10.5 Å². The number of aromatic nitrogens is 2. The Bertz CT molecular complexity index is 516. The molecule has 0 saturated carbocycles. The first-order valence-corrected chi connectivity index (χ1v) is 6.47. The summed E-state index contributed by atoms with van der Waals surface area (Å²) in [4.78, 5) is 24.4. The predicted octanol–water partition coefficient (Wildman–Crippen LogP) is -0.461. The zero-order valence-corrected chi connectivity index (χ0v) is 12.3. The van der Waals surface area contributed by atoms with E-state index in [2.05, 4.69) is 15.7 Å². The zero-order valence-electron chi connectivity index (χ0n) is 11.5. The third-order valence-corrected chi connectivity index (χ3v) is 2.85. The summed E-state index contributed by atoms with van der Waals surface area (Å²) in [5.41, 5.74) is 5.02. The average molecular weight is 303 g/mol. The Kier molecular flexibility index (Phi) is 6.26. The highest BCUT2D eigenvalue weighted by atomic mass is 35.5. The lowest BCUT2D eigenvalue weighted by molar-refractivity contribution is 0.249. The first kappa shape index (κ1) is 16.3. The lowest BCUT2D eigenvalue weighted by Gasteiger charge is -2.12. The Morgan fingerprint density at radius 2 is 2.20 bits per heavy atom. The molecule has 0 spiro atoms. The first-order valence-electron chi connectivity index (χ1n) is 6.09. The Labute approximate surface area is 121 Å². The maximum atomic E-state index is 12.0. The molecule has 1 heterocycles. The number of nitrogens with two attached hydrogens (primary N) is 1. The average Bonchev–Trinajstić information content (AvgIpc) is 2.37. The van der Waals surface area contributed by atoms with Gasteiger partial charge in [-0.1, -0.05) is 11.6 Å². The number of primary amides is 1. The molecule has 9 heteroatoms. The Morgan fingerprint density at radius 3 is 2.80 bits per heavy atom. The SMILES string of the molecule is CN(C)CCn1ncc(NCCNC(N)=O)c(Cl)c1=O. The molecular weight excluding hydrogens is 284 g/mol. The molecule has 0 aromatic carbocycles. The topological polar surface area (TPSA) is 105 Å². The van der Waals surface area contributed by atoms with Gasteiger partial charge >= 0.3 is 6.03 Å². The van der Waals surface area contributed by atoms with Crippen LogP contribution in [0.5, 0.6) is 0 Å². The summed E-state index contributed by atoms with van der Waals surface area (Å²) >= 11 is 5.99. The van der Waals surface area contributed by atoms with Gasteiger partial charge in [0, 0.05) is 19.6 Å². The van der Waals surface area contributed by atoms with Gasteiger partial charge in [0.05, 0.1) is 18.4 Å². The fourth-order valence-electron chi connectivity index (χ4n) is 1.43. The van der Waals surface area contributed by atoms with E-state index in [1.165, 1.54) is 10.9 Å². The summed E-state index contributed by atoms with van der Waals surface area (Å²) in [7, 11) is 3.82. The molecule has 20 heavy (non-hydrogen) atoms. The van der Waals surface area contributed by atoms with E-state index in [-0.39, 0.29) is 10.6 Å². The number of likely N-dealkylation sites (N-methyl/N-ethyl adjacent to an activating group) is 1. The van der Waals surface area contributed by atoms with E-state index in [0.29, 0.717) is 31.9 Å². The molecule has 0 radical (unpaired) electrons. The third-order valence-electron chi connectivity index (χ3n) is 2.48. The fourth-order valence-corrected chi connectivity index (χ4v) is 1.64. The smallest absolute Gasteiger partial charge is 0.312 e. The molecule has 8 nitrogen and oxygen atoms in total. The molecule has 0 saturated heterocycles. The molecule has 1 aromatic rings. The van der Waals surface area contributed by atoms with Crippen molar-refractivity contribution in [3.05, 3.63) is 21.6 Å². The van der Waals surface area contributed by atoms with Crippen molar-refractivity contribution < 1.29 is 4.79 Å². The standard InChI is InChI=1S/C11H19ClN6O2/c1-17(2)5-6-18-10(19)9(12)8(7-16-18)14-3-4-15-11(13)20/h7,14H,3-6H2,1-2H3,(H3,13,15,20). The monoisotopic (exact) mass is 302 g/mol. The van der Waals surface area contributed by atoms with Crippen LogP contribution in [0.3, 0.4) is 0 Å². The van der Waals surface area contributed by atoms with Crippen LogP contribution in [0.15, 0.2) is 11.0 Å². The highest BCUT2D eigenvalue weighted by Crippen LogP contribution is 2.14. The molecule has 0 aliphatic carbocycles. The van der Waals surface area contributed by atoms with Crippen LogP contribution in [0.2, 0.25) is 5.02 Å². The van der Waals surface area contributed by atoms with E-state index in [1.807, 2.05) is 19.0 Å². The number of amides is 2. The quantitative estimate of drug-likeness (QED) is 0.591. The van der Waals surface area contributed by atoms with Crippen LogP contribution in [-0.4, -0.2) is 54.4 Å². The lowest BCUT2D eigenvalue weighted by Crippen LogP contribution is -2.33. The Balaban J connectivity index is 2.64. The number of anilines is 1. The highest BCUT2D eigenvalue weighted by molar-refractivity contribution is 6.32. The van der Waals surface area contributed by atoms with Gasteiger partial charge in [0.15, 0.2) is 0 Å². The van der Waals surface area contributed by atoms with Crippen molar-refractivity contribution in [2.75, 3.05) is 39.0 Å². The summed E-state index contributed by atoms with van der Waals surface area (Å²) in [6.07, 6.45) is 1.49. The summed E-state index contributed by atoms with van der Waals surface area (Å²) in [6.45, 7) is 1.88. The number of hydrogen-bond donors (Lipinski definition) is 3. The van der Waals surface area contributed by atoms with E-state index >= 15 is 0 Å². The van der Waals surface area contributed by atoms with Gasteiger partial charge in [-0.3, -0.25) is 4.79 Å². The zero-order chi connectivity index (χ0) is 15.1. The minimum atomic E-state index is -0.602. The molecule has 0 fully saturated rings. The minimum Gasteiger partial charge on any atom is -0.381 e. The summed E-state index contributed by atoms with van der Waals surface area (Å²) in [5.74, 6) is 0. The van der Waals surface area contributed by atoms with E-state index in [0.717, 1.165) is 0 Å². The number of hydrogen-bond acceptors (Lipinski definition) is 5. The van der Waals surface area contributed by atoms with Gasteiger partial charge in [-0.15, -0.1) is 0 Å². The van der Waals surface area contributed by atoms with Crippen LogP contribution in [0.1, 0.15) is 0 Å². The van der Waals surface area contributed by atoms with Crippen LogP contribution < -0.4 is 21.9 Å². The molecule has 0 bridgehead atoms. The van der Waals surface area contributed by atoms with E-state index in [4.69, 9.17) is 17.3 Å². The second kappa shape index (κ2) is 7.71. The number of halogens is 1. The number of carbonyl (C=O) groups is 1. The lowest BCUT2D eigenvalue weighted by atomic mass is 10.4. The first-order chi connectivity index (χ1) is 9.41. The van der Waals surface area contributed by atoms with Crippen LogP contribution in [0, 0.1) is 0 Å². The van der Waals surface area contributed by atoms with Crippen molar-refractivity contribution in [3.8, 4) is 0 Å². The molecule has 0 aliphatic heterocycles. The van der Waals surface area contributed by atoms with Crippen molar-refractivity contribution in [2.24, 2.45) is 5.73 Å². The molecule has 1 rings (SSSR count). The second-order valence-electron chi connectivity index (χ2n) is 4.42. The maximum Gasteiger partial charge on any atom is 0.312 e. The molecule has 4 N–H and O–H groups in total. The molecule has 2 amide bonds. The molecule has 0 aliphatic rings. The molecule has 0 unspecified atom stereocenters. The number of carbonyl (C=O) groups excluding carboxylic acids is 1. The Hall–Kier alpha value is -1.80. The third kappa shape index (κ3) is 5.06. The molecular formula is C11H19ClN6O2. The largest absolute Gasteiger partial charge is 0.381 e. The molecule has 112 valence electrons. The van der Waals surface area contributed by atoms with Crippen LogP contribution >= 0.6 is 11.6 Å². The number of urea groups is 1. The second-order valence-corrected chi connectivity index (χ2v) is 4.80. The van der Waals surface area contributed by atoms with Gasteiger partial charge in [-0.25, -0.2) is 9.48 Å². The summed E-state index contributed by atoms with van der Waals surface area (Å²) < 4.78 is 1.31. The normalized spacial score (nSPS) is 10.6. The van der Waals surface area contributed by atoms with Crippen molar-refractivity contribution >= 4 is 23.3 Å². The van der Waals surface area contributed by atoms with Crippen molar-refractivity contribution in [3.63, 3.8) is 0 Å². The van der Waals surface area contributed by atoms with Gasteiger partial charge in [0.2, 0.25) is 0 Å². The Morgan fingerprint density at radius 1 is 1.50 bits per heavy atom. The summed E-state index contributed by atoms with van der Waals surface area (Å²) in [6, 6.07) is -0.602. The number of nitrogens with zero attached hydrogens (tertiary/aromatic N) is 3. The van der Waals surface area contributed by atoms with Gasteiger partial charge in [-0.2, -0.15) is 5.10 Å².